The monoisotopic (exact) mass is 215 g/mol. The average molecular weight is 215 g/mol. The molecule has 1 rings (SSSR count). The fourth-order valence-electron chi connectivity index (χ4n) is 1.54. The molecule has 0 saturated heterocycles. The Balaban J connectivity index is 2.46. The molecule has 0 heterocycles. The number of ether oxygens (including phenoxy) is 1. The fourth-order valence-corrected chi connectivity index (χ4v) is 1.54. The summed E-state index contributed by atoms with van der Waals surface area (Å²) in [7, 11) is 1.67. The highest BCUT2D eigenvalue weighted by Gasteiger charge is 2.35. The van der Waals surface area contributed by atoms with Crippen molar-refractivity contribution in [2.75, 3.05) is 26.8 Å². The number of nitrogens with two attached hydrogens (primary N) is 2. The quantitative estimate of drug-likeness (QED) is 0.588. The van der Waals surface area contributed by atoms with Gasteiger partial charge in [0.1, 0.15) is 5.54 Å². The Morgan fingerprint density at radius 2 is 2.20 bits per heavy atom. The lowest BCUT2D eigenvalue weighted by molar-refractivity contribution is -0.123. The molecule has 1 atom stereocenters. The third kappa shape index (κ3) is 3.77. The Hall–Kier alpha value is -0.650. The number of hydrogen-bond donors (Lipinski definition) is 2. The highest BCUT2D eigenvalue weighted by molar-refractivity contribution is 5.84. The first-order valence-electron chi connectivity index (χ1n) is 5.29. The summed E-state index contributed by atoms with van der Waals surface area (Å²) in [5.41, 5.74) is 10.1. The third-order valence-corrected chi connectivity index (χ3v) is 2.74. The molecule has 1 amide bonds. The molecule has 88 valence electrons. The van der Waals surface area contributed by atoms with E-state index in [-0.39, 0.29) is 0 Å². The lowest BCUT2D eigenvalue weighted by atomic mass is 10.0. The molecule has 0 bridgehead atoms. The highest BCUT2D eigenvalue weighted by atomic mass is 16.5. The molecule has 0 aromatic carbocycles. The summed E-state index contributed by atoms with van der Waals surface area (Å²) in [6.07, 6.45) is 2.36. The van der Waals surface area contributed by atoms with Crippen molar-refractivity contribution in [3.8, 4) is 0 Å². The average Bonchev–Trinajstić information content (AvgIpc) is 2.94. The van der Waals surface area contributed by atoms with Crippen LogP contribution < -0.4 is 11.5 Å². The lowest BCUT2D eigenvalue weighted by Crippen LogP contribution is -2.57. The molecule has 15 heavy (non-hydrogen) atoms. The normalized spacial score (nSPS) is 20.3. The van der Waals surface area contributed by atoms with Crippen LogP contribution in [0.3, 0.4) is 0 Å². The van der Waals surface area contributed by atoms with Crippen molar-refractivity contribution in [3.63, 3.8) is 0 Å². The molecule has 5 heteroatoms. The standard InChI is InChI=1S/C10H21N3O2/c1-10(12,9(11)14)7-13(5-6-15-2)8-3-4-8/h8H,3-7,12H2,1-2H3,(H2,11,14). The van der Waals surface area contributed by atoms with E-state index in [9.17, 15) is 4.79 Å². The van der Waals surface area contributed by atoms with Gasteiger partial charge in [0, 0.05) is 26.2 Å². The molecule has 0 aromatic heterocycles. The minimum Gasteiger partial charge on any atom is -0.383 e. The smallest absolute Gasteiger partial charge is 0.238 e. The molecule has 4 N–H and O–H groups in total. The van der Waals surface area contributed by atoms with Crippen LogP contribution in [0.25, 0.3) is 0 Å². The molecule has 0 radical (unpaired) electrons. The number of carbonyl (C=O) groups excluding carboxylic acids is 1. The fraction of sp³-hybridized carbons (Fsp3) is 0.900. The van der Waals surface area contributed by atoms with Crippen molar-refractivity contribution in [1.82, 2.24) is 4.90 Å². The molecule has 1 unspecified atom stereocenters. The molecule has 1 aliphatic carbocycles. The predicted molar refractivity (Wildman–Crippen MR) is 58.3 cm³/mol. The number of nitrogens with zero attached hydrogens (tertiary/aromatic N) is 1. The van der Waals surface area contributed by atoms with Gasteiger partial charge in [0.05, 0.1) is 6.61 Å². The Morgan fingerprint density at radius 3 is 2.60 bits per heavy atom. The zero-order valence-corrected chi connectivity index (χ0v) is 9.53. The van der Waals surface area contributed by atoms with E-state index in [1.165, 1.54) is 12.8 Å². The van der Waals surface area contributed by atoms with Crippen molar-refractivity contribution in [3.05, 3.63) is 0 Å². The van der Waals surface area contributed by atoms with Crippen LogP contribution in [0.15, 0.2) is 0 Å². The Kier molecular flexibility index (Phi) is 4.07. The maximum absolute atomic E-state index is 11.1. The molecule has 0 aromatic rings. The van der Waals surface area contributed by atoms with Crippen molar-refractivity contribution in [2.24, 2.45) is 11.5 Å². The van der Waals surface area contributed by atoms with Crippen molar-refractivity contribution < 1.29 is 9.53 Å². The number of amides is 1. The first kappa shape index (κ1) is 12.4. The van der Waals surface area contributed by atoms with E-state index < -0.39 is 11.4 Å². The van der Waals surface area contributed by atoms with Crippen LogP contribution >= 0.6 is 0 Å². The number of methoxy groups -OCH3 is 1. The van der Waals surface area contributed by atoms with Gasteiger partial charge in [-0.05, 0) is 19.8 Å². The van der Waals surface area contributed by atoms with Gasteiger partial charge < -0.3 is 16.2 Å². The van der Waals surface area contributed by atoms with Crippen LogP contribution in [0.5, 0.6) is 0 Å². The van der Waals surface area contributed by atoms with E-state index >= 15 is 0 Å². The first-order valence-corrected chi connectivity index (χ1v) is 5.29. The lowest BCUT2D eigenvalue weighted by Gasteiger charge is -2.30. The second kappa shape index (κ2) is 4.92. The second-order valence-corrected chi connectivity index (χ2v) is 4.48. The van der Waals surface area contributed by atoms with Gasteiger partial charge in [0.2, 0.25) is 5.91 Å². The van der Waals surface area contributed by atoms with Gasteiger partial charge in [-0.3, -0.25) is 9.69 Å². The van der Waals surface area contributed by atoms with Gasteiger partial charge in [0.15, 0.2) is 0 Å². The second-order valence-electron chi connectivity index (χ2n) is 4.48. The van der Waals surface area contributed by atoms with Gasteiger partial charge in [-0.1, -0.05) is 0 Å². The van der Waals surface area contributed by atoms with Gasteiger partial charge in [-0.25, -0.2) is 0 Å². The van der Waals surface area contributed by atoms with Crippen molar-refractivity contribution in [2.45, 2.75) is 31.3 Å². The molecular formula is C10H21N3O2. The van der Waals surface area contributed by atoms with Crippen LogP contribution in [0, 0.1) is 0 Å². The Morgan fingerprint density at radius 1 is 1.60 bits per heavy atom. The Bertz CT molecular complexity index is 227. The summed E-state index contributed by atoms with van der Waals surface area (Å²) < 4.78 is 5.03. The largest absolute Gasteiger partial charge is 0.383 e. The minimum atomic E-state index is -0.948. The molecular weight excluding hydrogens is 194 g/mol. The van der Waals surface area contributed by atoms with E-state index in [0.717, 1.165) is 6.54 Å². The van der Waals surface area contributed by atoms with Crippen molar-refractivity contribution in [1.29, 1.82) is 0 Å². The van der Waals surface area contributed by atoms with E-state index in [4.69, 9.17) is 16.2 Å². The van der Waals surface area contributed by atoms with Gasteiger partial charge in [-0.2, -0.15) is 0 Å². The summed E-state index contributed by atoms with van der Waals surface area (Å²) in [6, 6.07) is 0.558. The van der Waals surface area contributed by atoms with Crippen LogP contribution in [-0.4, -0.2) is 49.2 Å². The van der Waals surface area contributed by atoms with Crippen LogP contribution in [0.2, 0.25) is 0 Å². The summed E-state index contributed by atoms with van der Waals surface area (Å²) in [5.74, 6) is -0.453. The topological polar surface area (TPSA) is 81.6 Å². The van der Waals surface area contributed by atoms with E-state index in [0.29, 0.717) is 19.2 Å². The summed E-state index contributed by atoms with van der Waals surface area (Å²) in [6.45, 7) is 3.65. The van der Waals surface area contributed by atoms with Crippen LogP contribution in [-0.2, 0) is 9.53 Å². The summed E-state index contributed by atoms with van der Waals surface area (Å²) in [4.78, 5) is 13.3. The van der Waals surface area contributed by atoms with E-state index in [2.05, 4.69) is 4.90 Å². The third-order valence-electron chi connectivity index (χ3n) is 2.74. The minimum absolute atomic E-state index is 0.453. The number of primary amides is 1. The predicted octanol–water partition coefficient (Wildman–Crippen LogP) is -0.700. The molecule has 1 fully saturated rings. The molecule has 0 aliphatic heterocycles. The summed E-state index contributed by atoms with van der Waals surface area (Å²) in [5, 5.41) is 0. The summed E-state index contributed by atoms with van der Waals surface area (Å²) >= 11 is 0. The van der Waals surface area contributed by atoms with Gasteiger partial charge in [-0.15, -0.1) is 0 Å². The first-order chi connectivity index (χ1) is 6.97. The van der Waals surface area contributed by atoms with E-state index in [1.807, 2.05) is 0 Å². The Labute approximate surface area is 90.7 Å². The molecule has 1 saturated carbocycles. The molecule has 5 nitrogen and oxygen atoms in total. The maximum Gasteiger partial charge on any atom is 0.238 e. The molecule has 0 spiro atoms. The van der Waals surface area contributed by atoms with Crippen LogP contribution in [0.1, 0.15) is 19.8 Å². The van der Waals surface area contributed by atoms with Crippen LogP contribution in [0.4, 0.5) is 0 Å². The van der Waals surface area contributed by atoms with Crippen molar-refractivity contribution >= 4 is 5.91 Å². The number of carbonyl (C=O) groups is 1. The number of rotatable bonds is 7. The number of hydrogen-bond acceptors (Lipinski definition) is 4. The molecule has 1 aliphatic rings. The van der Waals surface area contributed by atoms with E-state index in [1.54, 1.807) is 14.0 Å². The highest BCUT2D eigenvalue weighted by Crippen LogP contribution is 2.27. The van der Waals surface area contributed by atoms with Gasteiger partial charge in [0.25, 0.3) is 0 Å². The SMILES string of the molecule is COCCN(CC(C)(N)C(N)=O)C1CC1. The zero-order valence-electron chi connectivity index (χ0n) is 9.53. The van der Waals surface area contributed by atoms with Gasteiger partial charge >= 0.3 is 0 Å². The maximum atomic E-state index is 11.1. The zero-order chi connectivity index (χ0) is 11.5.